The molecule has 0 radical (unpaired) electrons. The van der Waals surface area contributed by atoms with Gasteiger partial charge in [0.05, 0.1) is 6.61 Å². The minimum absolute atomic E-state index is 0.273. The van der Waals surface area contributed by atoms with E-state index in [4.69, 9.17) is 4.74 Å². The van der Waals surface area contributed by atoms with E-state index in [-0.39, 0.29) is 6.61 Å². The highest BCUT2D eigenvalue weighted by Gasteiger charge is 2.64. The Morgan fingerprint density at radius 1 is 1.43 bits per heavy atom. The van der Waals surface area contributed by atoms with Gasteiger partial charge < -0.3 is 10.1 Å². The van der Waals surface area contributed by atoms with Crippen molar-refractivity contribution in [2.75, 3.05) is 13.2 Å². The maximum atomic E-state index is 12.8. The van der Waals surface area contributed by atoms with Gasteiger partial charge in [-0.05, 0) is 18.8 Å². The van der Waals surface area contributed by atoms with Crippen molar-refractivity contribution in [3.63, 3.8) is 0 Å². The van der Waals surface area contributed by atoms with Crippen molar-refractivity contribution in [1.82, 2.24) is 5.32 Å². The van der Waals surface area contributed by atoms with Gasteiger partial charge in [0.25, 0.3) is 0 Å². The Bertz CT molecular complexity index is 262. The largest absolute Gasteiger partial charge is 0.414 e. The Labute approximate surface area is 78.6 Å². The third kappa shape index (κ3) is 1.37. The van der Waals surface area contributed by atoms with Crippen LogP contribution in [0.3, 0.4) is 0 Å². The third-order valence-electron chi connectivity index (χ3n) is 2.71. The minimum atomic E-state index is -4.43. The zero-order valence-electron chi connectivity index (χ0n) is 7.36. The second-order valence-corrected chi connectivity index (χ2v) is 3.78. The molecule has 3 nitrogen and oxygen atoms in total. The van der Waals surface area contributed by atoms with Gasteiger partial charge >= 0.3 is 6.18 Å². The molecular weight excluding hydrogens is 199 g/mol. The van der Waals surface area contributed by atoms with E-state index in [1.54, 1.807) is 0 Å². The van der Waals surface area contributed by atoms with Gasteiger partial charge in [-0.15, -0.1) is 0 Å². The summed E-state index contributed by atoms with van der Waals surface area (Å²) < 4.78 is 43.0. The zero-order valence-corrected chi connectivity index (χ0v) is 7.36. The van der Waals surface area contributed by atoms with E-state index in [9.17, 15) is 18.0 Å². The minimum Gasteiger partial charge on any atom is -0.369 e. The number of hydrogen-bond acceptors (Lipinski definition) is 2. The van der Waals surface area contributed by atoms with Crippen molar-refractivity contribution < 1.29 is 22.7 Å². The van der Waals surface area contributed by atoms with Crippen molar-refractivity contribution in [3.05, 3.63) is 0 Å². The first kappa shape index (κ1) is 9.76. The summed E-state index contributed by atoms with van der Waals surface area (Å²) in [6.45, 7) is -0.725. The van der Waals surface area contributed by atoms with Gasteiger partial charge in [0.15, 0.2) is 5.54 Å². The van der Waals surface area contributed by atoms with Gasteiger partial charge in [0.1, 0.15) is 6.61 Å². The Hall–Kier alpha value is -0.780. The van der Waals surface area contributed by atoms with Crippen molar-refractivity contribution >= 4 is 5.91 Å². The van der Waals surface area contributed by atoms with Gasteiger partial charge in [-0.1, -0.05) is 0 Å². The molecule has 14 heavy (non-hydrogen) atoms. The number of hydrogen-bond donors (Lipinski definition) is 1. The molecule has 80 valence electrons. The molecular formula is C8H10F3NO2. The molecule has 2 rings (SSSR count). The van der Waals surface area contributed by atoms with E-state index >= 15 is 0 Å². The lowest BCUT2D eigenvalue weighted by atomic mass is 9.92. The fourth-order valence-electron chi connectivity index (χ4n) is 1.81. The monoisotopic (exact) mass is 209 g/mol. The zero-order chi connectivity index (χ0) is 10.4. The average molecular weight is 209 g/mol. The molecule has 1 aliphatic carbocycles. The van der Waals surface area contributed by atoms with Crippen LogP contribution >= 0.6 is 0 Å². The molecule has 1 saturated carbocycles. The molecule has 1 heterocycles. The van der Waals surface area contributed by atoms with Crippen LogP contribution in [-0.2, 0) is 9.53 Å². The Kier molecular flexibility index (Phi) is 1.99. The summed E-state index contributed by atoms with van der Waals surface area (Å²) in [5.41, 5.74) is -2.12. The molecule has 1 amide bonds. The Morgan fingerprint density at radius 3 is 2.50 bits per heavy atom. The van der Waals surface area contributed by atoms with E-state index in [0.29, 0.717) is 12.8 Å². The second kappa shape index (κ2) is 2.85. The van der Waals surface area contributed by atoms with Crippen LogP contribution in [-0.4, -0.2) is 30.8 Å². The summed E-state index contributed by atoms with van der Waals surface area (Å²) in [7, 11) is 0. The van der Waals surface area contributed by atoms with Crippen LogP contribution in [0.4, 0.5) is 13.2 Å². The molecule has 0 bridgehead atoms. The summed E-state index contributed by atoms with van der Waals surface area (Å²) in [4.78, 5) is 10.9. The van der Waals surface area contributed by atoms with Crippen LogP contribution in [0.5, 0.6) is 0 Å². The maximum Gasteiger partial charge on any atom is 0.414 e. The molecule has 1 unspecified atom stereocenters. The van der Waals surface area contributed by atoms with Crippen LogP contribution in [0, 0.1) is 5.92 Å². The average Bonchev–Trinajstić information content (AvgIpc) is 2.83. The van der Waals surface area contributed by atoms with Crippen LogP contribution in [0.25, 0.3) is 0 Å². The molecule has 0 aromatic rings. The van der Waals surface area contributed by atoms with Crippen molar-refractivity contribution in [2.24, 2.45) is 5.92 Å². The van der Waals surface area contributed by atoms with Gasteiger partial charge in [0, 0.05) is 0 Å². The van der Waals surface area contributed by atoms with Gasteiger partial charge in [-0.2, -0.15) is 13.2 Å². The maximum absolute atomic E-state index is 12.8. The summed E-state index contributed by atoms with van der Waals surface area (Å²) in [5.74, 6) is -1.19. The Balaban J connectivity index is 2.25. The molecule has 2 fully saturated rings. The predicted molar refractivity (Wildman–Crippen MR) is 40.5 cm³/mol. The number of halogens is 3. The molecule has 2 aliphatic rings. The molecule has 6 heteroatoms. The second-order valence-electron chi connectivity index (χ2n) is 3.78. The van der Waals surface area contributed by atoms with Crippen molar-refractivity contribution in [3.8, 4) is 0 Å². The number of morpholine rings is 1. The standard InChI is InChI=1S/C8H10F3NO2/c9-8(10,11)7(5-1-2-5)4-14-3-6(13)12-7/h5H,1-4H2,(H,12,13). The highest BCUT2D eigenvalue weighted by atomic mass is 19.4. The predicted octanol–water partition coefficient (Wildman–Crippen LogP) is 0.844. The van der Waals surface area contributed by atoms with Gasteiger partial charge in [0.2, 0.25) is 5.91 Å². The molecule has 0 aromatic carbocycles. The Morgan fingerprint density at radius 2 is 2.07 bits per heavy atom. The highest BCUT2D eigenvalue weighted by molar-refractivity contribution is 5.79. The van der Waals surface area contributed by atoms with Crippen LogP contribution in [0.1, 0.15) is 12.8 Å². The quantitative estimate of drug-likeness (QED) is 0.695. The lowest BCUT2D eigenvalue weighted by Crippen LogP contribution is -2.66. The summed E-state index contributed by atoms with van der Waals surface area (Å²) in [6.07, 6.45) is -3.42. The van der Waals surface area contributed by atoms with Gasteiger partial charge in [-0.25, -0.2) is 0 Å². The fraction of sp³-hybridized carbons (Fsp3) is 0.875. The lowest BCUT2D eigenvalue weighted by Gasteiger charge is -2.39. The first-order valence-corrected chi connectivity index (χ1v) is 4.41. The molecule has 1 atom stereocenters. The normalized spacial score (nSPS) is 34.1. The van der Waals surface area contributed by atoms with Crippen LogP contribution < -0.4 is 5.32 Å². The van der Waals surface area contributed by atoms with Crippen molar-refractivity contribution in [2.45, 2.75) is 24.6 Å². The van der Waals surface area contributed by atoms with E-state index in [0.717, 1.165) is 0 Å². The lowest BCUT2D eigenvalue weighted by molar-refractivity contribution is -0.228. The fourth-order valence-corrected chi connectivity index (χ4v) is 1.81. The van der Waals surface area contributed by atoms with E-state index in [1.165, 1.54) is 0 Å². The SMILES string of the molecule is O=C1COCC(C2CC2)(C(F)(F)F)N1. The number of nitrogens with one attached hydrogen (secondary N) is 1. The first-order valence-electron chi connectivity index (χ1n) is 4.41. The molecule has 0 aromatic heterocycles. The molecule has 1 N–H and O–H groups in total. The number of carbonyl (C=O) groups excluding carboxylic acids is 1. The van der Waals surface area contributed by atoms with Crippen LogP contribution in [0.15, 0.2) is 0 Å². The van der Waals surface area contributed by atoms with E-state index in [1.807, 2.05) is 5.32 Å². The third-order valence-corrected chi connectivity index (χ3v) is 2.71. The topological polar surface area (TPSA) is 38.3 Å². The van der Waals surface area contributed by atoms with Crippen LogP contribution in [0.2, 0.25) is 0 Å². The highest BCUT2D eigenvalue weighted by Crippen LogP contribution is 2.49. The number of alkyl halides is 3. The smallest absolute Gasteiger partial charge is 0.369 e. The first-order chi connectivity index (χ1) is 6.46. The number of ether oxygens (including phenoxy) is 1. The summed E-state index contributed by atoms with van der Waals surface area (Å²) in [5, 5.41) is 2.04. The number of amides is 1. The number of rotatable bonds is 1. The van der Waals surface area contributed by atoms with E-state index in [2.05, 4.69) is 0 Å². The molecule has 1 aliphatic heterocycles. The van der Waals surface area contributed by atoms with Crippen molar-refractivity contribution in [1.29, 1.82) is 0 Å². The summed E-state index contributed by atoms with van der Waals surface area (Å²) in [6, 6.07) is 0. The number of carbonyl (C=O) groups is 1. The summed E-state index contributed by atoms with van der Waals surface area (Å²) >= 11 is 0. The van der Waals surface area contributed by atoms with Gasteiger partial charge in [-0.3, -0.25) is 4.79 Å². The molecule has 1 saturated heterocycles. The van der Waals surface area contributed by atoms with E-state index < -0.39 is 30.1 Å². The molecule has 0 spiro atoms.